The molecular formula is C17H35NO2. The first-order valence-electron chi connectivity index (χ1n) is 8.36. The van der Waals surface area contributed by atoms with Crippen molar-refractivity contribution in [3.8, 4) is 0 Å². The van der Waals surface area contributed by atoms with Gasteiger partial charge in [-0.05, 0) is 19.8 Å². The molecule has 0 saturated carbocycles. The molecule has 120 valence electrons. The predicted octanol–water partition coefficient (Wildman–Crippen LogP) is 4.02. The number of hydrogen-bond donors (Lipinski definition) is 2. The summed E-state index contributed by atoms with van der Waals surface area (Å²) < 4.78 is 5.72. The fourth-order valence-corrected chi connectivity index (χ4v) is 2.26. The minimum absolute atomic E-state index is 0.154. The zero-order chi connectivity index (χ0) is 15.1. The molecule has 2 N–H and O–H groups in total. The van der Waals surface area contributed by atoms with Crippen molar-refractivity contribution >= 4 is 0 Å². The van der Waals surface area contributed by atoms with E-state index in [4.69, 9.17) is 9.84 Å². The fourth-order valence-electron chi connectivity index (χ4n) is 2.26. The lowest BCUT2D eigenvalue weighted by Gasteiger charge is -2.16. The van der Waals surface area contributed by atoms with Crippen molar-refractivity contribution < 1.29 is 9.84 Å². The van der Waals surface area contributed by atoms with E-state index in [0.717, 1.165) is 12.2 Å². The van der Waals surface area contributed by atoms with Crippen molar-refractivity contribution in [3.63, 3.8) is 0 Å². The van der Waals surface area contributed by atoms with E-state index in [1.807, 2.05) is 0 Å². The van der Waals surface area contributed by atoms with Gasteiger partial charge < -0.3 is 15.2 Å². The Hall–Kier alpha value is -0.540. The molecule has 1 unspecified atom stereocenters. The third-order valence-electron chi connectivity index (χ3n) is 3.44. The number of aliphatic hydroxyl groups excluding tert-OH is 1. The van der Waals surface area contributed by atoms with E-state index < -0.39 is 0 Å². The Balaban J connectivity index is 3.31. The van der Waals surface area contributed by atoms with Crippen molar-refractivity contribution in [3.05, 3.63) is 12.3 Å². The van der Waals surface area contributed by atoms with Crippen LogP contribution < -0.4 is 5.32 Å². The van der Waals surface area contributed by atoms with E-state index in [0.29, 0.717) is 13.1 Å². The summed E-state index contributed by atoms with van der Waals surface area (Å²) in [6.45, 7) is 9.63. The Kier molecular flexibility index (Phi) is 14.5. The Morgan fingerprint density at radius 2 is 1.70 bits per heavy atom. The third-order valence-corrected chi connectivity index (χ3v) is 3.44. The van der Waals surface area contributed by atoms with Gasteiger partial charge in [-0.3, -0.25) is 0 Å². The molecule has 1 atom stereocenters. The van der Waals surface area contributed by atoms with E-state index in [2.05, 4.69) is 25.7 Å². The fraction of sp³-hybridized carbons (Fsp3) is 0.882. The van der Waals surface area contributed by atoms with E-state index in [9.17, 15) is 0 Å². The third kappa shape index (κ3) is 13.9. The molecule has 0 amide bonds. The molecule has 0 heterocycles. The standard InChI is InChI=1S/C17H35NO2/c1-4-5-6-7-8-9-10-11-12-16(2)20-17(3)15-18-13-14-19/h16,18-19H,3-15H2,1-2H3. The maximum absolute atomic E-state index is 8.66. The number of hydrogen-bond acceptors (Lipinski definition) is 3. The van der Waals surface area contributed by atoms with Gasteiger partial charge in [-0.1, -0.05) is 58.4 Å². The van der Waals surface area contributed by atoms with Gasteiger partial charge in [0.15, 0.2) is 0 Å². The van der Waals surface area contributed by atoms with Gasteiger partial charge in [0, 0.05) is 6.54 Å². The summed E-state index contributed by atoms with van der Waals surface area (Å²) in [7, 11) is 0. The molecule has 0 fully saturated rings. The summed E-state index contributed by atoms with van der Waals surface area (Å²) in [5, 5.41) is 11.7. The summed E-state index contributed by atoms with van der Waals surface area (Å²) in [6.07, 6.45) is 12.2. The molecule has 0 spiro atoms. The van der Waals surface area contributed by atoms with Gasteiger partial charge in [0.1, 0.15) is 5.76 Å². The zero-order valence-electron chi connectivity index (χ0n) is 13.6. The number of rotatable bonds is 15. The number of aliphatic hydroxyl groups is 1. The summed E-state index contributed by atoms with van der Waals surface area (Å²) >= 11 is 0. The number of unbranched alkanes of at least 4 members (excludes halogenated alkanes) is 7. The smallest absolute Gasteiger partial charge is 0.103 e. The molecule has 3 nitrogen and oxygen atoms in total. The van der Waals surface area contributed by atoms with Gasteiger partial charge in [0.25, 0.3) is 0 Å². The maximum atomic E-state index is 8.66. The molecule has 20 heavy (non-hydrogen) atoms. The van der Waals surface area contributed by atoms with Crippen LogP contribution in [0.25, 0.3) is 0 Å². The van der Waals surface area contributed by atoms with Crippen LogP contribution in [0, 0.1) is 0 Å². The van der Waals surface area contributed by atoms with Crippen LogP contribution in [0.15, 0.2) is 12.3 Å². The lowest BCUT2D eigenvalue weighted by Crippen LogP contribution is -2.23. The first-order valence-corrected chi connectivity index (χ1v) is 8.36. The van der Waals surface area contributed by atoms with E-state index >= 15 is 0 Å². The first-order chi connectivity index (χ1) is 9.70. The SMILES string of the molecule is C=C(CNCCO)OC(C)CCCCCCCCCC. The first kappa shape index (κ1) is 19.5. The summed E-state index contributed by atoms with van der Waals surface area (Å²) in [6, 6.07) is 0. The largest absolute Gasteiger partial charge is 0.494 e. The number of nitrogens with one attached hydrogen (secondary N) is 1. The van der Waals surface area contributed by atoms with Crippen LogP contribution in [-0.2, 0) is 4.74 Å². The second-order valence-electron chi connectivity index (χ2n) is 5.63. The van der Waals surface area contributed by atoms with Crippen molar-refractivity contribution in [2.45, 2.75) is 77.7 Å². The molecule has 0 aromatic carbocycles. The van der Waals surface area contributed by atoms with Gasteiger partial charge in [0.2, 0.25) is 0 Å². The maximum Gasteiger partial charge on any atom is 0.103 e. The van der Waals surface area contributed by atoms with E-state index in [-0.39, 0.29) is 12.7 Å². The average molecular weight is 285 g/mol. The molecule has 3 heteroatoms. The van der Waals surface area contributed by atoms with E-state index in [1.54, 1.807) is 0 Å². The highest BCUT2D eigenvalue weighted by molar-refractivity contribution is 4.86. The van der Waals surface area contributed by atoms with Crippen LogP contribution in [0.2, 0.25) is 0 Å². The topological polar surface area (TPSA) is 41.5 Å². The summed E-state index contributed by atoms with van der Waals surface area (Å²) in [5.74, 6) is 0.769. The quantitative estimate of drug-likeness (QED) is 0.353. The van der Waals surface area contributed by atoms with Crippen LogP contribution >= 0.6 is 0 Å². The van der Waals surface area contributed by atoms with Crippen LogP contribution in [0.1, 0.15) is 71.6 Å². The Morgan fingerprint density at radius 1 is 1.10 bits per heavy atom. The molecule has 0 aliphatic heterocycles. The zero-order valence-corrected chi connectivity index (χ0v) is 13.6. The van der Waals surface area contributed by atoms with Gasteiger partial charge >= 0.3 is 0 Å². The molecular weight excluding hydrogens is 250 g/mol. The highest BCUT2D eigenvalue weighted by Gasteiger charge is 2.04. The van der Waals surface area contributed by atoms with Crippen molar-refractivity contribution in [2.24, 2.45) is 0 Å². The lowest BCUT2D eigenvalue weighted by atomic mass is 10.1. The molecule has 0 aromatic rings. The summed E-state index contributed by atoms with van der Waals surface area (Å²) in [4.78, 5) is 0. The predicted molar refractivity (Wildman–Crippen MR) is 86.9 cm³/mol. The molecule has 0 bridgehead atoms. The Bertz CT molecular complexity index is 219. The van der Waals surface area contributed by atoms with Gasteiger partial charge in [0.05, 0.1) is 19.3 Å². The second kappa shape index (κ2) is 14.9. The van der Waals surface area contributed by atoms with E-state index in [1.165, 1.54) is 51.4 Å². The minimum Gasteiger partial charge on any atom is -0.494 e. The molecule has 0 aromatic heterocycles. The Labute approximate surface area is 125 Å². The highest BCUT2D eigenvalue weighted by Crippen LogP contribution is 2.12. The van der Waals surface area contributed by atoms with Crippen LogP contribution in [-0.4, -0.2) is 30.9 Å². The van der Waals surface area contributed by atoms with Gasteiger partial charge in [-0.2, -0.15) is 0 Å². The Morgan fingerprint density at radius 3 is 2.30 bits per heavy atom. The van der Waals surface area contributed by atoms with Gasteiger partial charge in [-0.15, -0.1) is 0 Å². The normalized spacial score (nSPS) is 12.3. The monoisotopic (exact) mass is 285 g/mol. The molecule has 0 rings (SSSR count). The van der Waals surface area contributed by atoms with Crippen LogP contribution in [0.3, 0.4) is 0 Å². The van der Waals surface area contributed by atoms with Crippen LogP contribution in [0.4, 0.5) is 0 Å². The lowest BCUT2D eigenvalue weighted by molar-refractivity contribution is 0.117. The van der Waals surface area contributed by atoms with Crippen molar-refractivity contribution in [1.29, 1.82) is 0 Å². The van der Waals surface area contributed by atoms with Crippen molar-refractivity contribution in [1.82, 2.24) is 5.32 Å². The minimum atomic E-state index is 0.154. The summed E-state index contributed by atoms with van der Waals surface area (Å²) in [5.41, 5.74) is 0. The second-order valence-corrected chi connectivity index (χ2v) is 5.63. The number of ether oxygens (including phenoxy) is 1. The van der Waals surface area contributed by atoms with Crippen molar-refractivity contribution in [2.75, 3.05) is 19.7 Å². The molecule has 0 aliphatic carbocycles. The molecule has 0 radical (unpaired) electrons. The van der Waals surface area contributed by atoms with Gasteiger partial charge in [-0.25, -0.2) is 0 Å². The highest BCUT2D eigenvalue weighted by atomic mass is 16.5. The average Bonchev–Trinajstić information content (AvgIpc) is 2.42. The molecule has 0 saturated heterocycles. The molecule has 0 aliphatic rings. The van der Waals surface area contributed by atoms with Crippen LogP contribution in [0.5, 0.6) is 0 Å².